The molecule has 2 aromatic heterocycles. The fraction of sp³-hybridized carbons (Fsp3) is 0.318. The fourth-order valence-corrected chi connectivity index (χ4v) is 4.41. The first-order valence-corrected chi connectivity index (χ1v) is 10.4. The molecule has 4 rings (SSSR count). The first kappa shape index (κ1) is 18.8. The minimum absolute atomic E-state index is 0.0797. The van der Waals surface area contributed by atoms with Gasteiger partial charge in [-0.15, -0.1) is 11.3 Å². The Morgan fingerprint density at radius 2 is 2.07 bits per heavy atom. The van der Waals surface area contributed by atoms with Crippen molar-refractivity contribution in [3.8, 4) is 16.3 Å². The Morgan fingerprint density at radius 3 is 2.82 bits per heavy atom. The molecule has 3 aromatic rings. The SMILES string of the molecule is Cc1ccc(-c2nc(C3CCCCN3[C@@H](C=O)Oc3ccccc3)cs2)cn1. The number of aldehydes is 1. The van der Waals surface area contributed by atoms with Crippen LogP contribution in [-0.4, -0.2) is 33.9 Å². The maximum absolute atomic E-state index is 11.9. The number of ether oxygens (including phenoxy) is 1. The van der Waals surface area contributed by atoms with Gasteiger partial charge in [-0.05, 0) is 44.0 Å². The molecular formula is C22H23N3O2S. The summed E-state index contributed by atoms with van der Waals surface area (Å²) < 4.78 is 5.98. The Bertz CT molecular complexity index is 911. The van der Waals surface area contributed by atoms with E-state index in [0.29, 0.717) is 5.75 Å². The van der Waals surface area contributed by atoms with Gasteiger partial charge < -0.3 is 4.74 Å². The van der Waals surface area contributed by atoms with E-state index >= 15 is 0 Å². The Kier molecular flexibility index (Phi) is 5.78. The van der Waals surface area contributed by atoms with Gasteiger partial charge in [0.15, 0.2) is 6.29 Å². The van der Waals surface area contributed by atoms with Crippen LogP contribution in [0.15, 0.2) is 54.0 Å². The third-order valence-corrected chi connectivity index (χ3v) is 5.92. The summed E-state index contributed by atoms with van der Waals surface area (Å²) in [6, 6.07) is 13.6. The minimum atomic E-state index is -0.612. The molecule has 0 bridgehead atoms. The molecule has 1 saturated heterocycles. The number of para-hydroxylation sites is 1. The first-order valence-electron chi connectivity index (χ1n) is 9.56. The van der Waals surface area contributed by atoms with Gasteiger partial charge in [-0.2, -0.15) is 0 Å². The van der Waals surface area contributed by atoms with Crippen molar-refractivity contribution in [3.63, 3.8) is 0 Å². The molecule has 28 heavy (non-hydrogen) atoms. The predicted molar refractivity (Wildman–Crippen MR) is 110 cm³/mol. The van der Waals surface area contributed by atoms with Crippen molar-refractivity contribution in [1.82, 2.24) is 14.9 Å². The zero-order chi connectivity index (χ0) is 19.3. The van der Waals surface area contributed by atoms with Gasteiger partial charge in [0.2, 0.25) is 6.23 Å². The number of pyridine rings is 1. The molecule has 2 atom stereocenters. The second-order valence-corrected chi connectivity index (χ2v) is 7.83. The van der Waals surface area contributed by atoms with E-state index in [2.05, 4.69) is 21.3 Å². The van der Waals surface area contributed by atoms with Crippen LogP contribution in [0.5, 0.6) is 5.75 Å². The number of likely N-dealkylation sites (tertiary alicyclic amines) is 1. The summed E-state index contributed by atoms with van der Waals surface area (Å²) >= 11 is 1.62. The van der Waals surface area contributed by atoms with Gasteiger partial charge in [0, 0.05) is 29.4 Å². The molecule has 0 saturated carbocycles. The highest BCUT2D eigenvalue weighted by Crippen LogP contribution is 2.35. The number of rotatable bonds is 6. The number of aromatic nitrogens is 2. The van der Waals surface area contributed by atoms with E-state index in [9.17, 15) is 4.79 Å². The second kappa shape index (κ2) is 8.63. The van der Waals surface area contributed by atoms with Gasteiger partial charge in [-0.1, -0.05) is 24.6 Å². The third-order valence-electron chi connectivity index (χ3n) is 5.01. The maximum Gasteiger partial charge on any atom is 0.209 e. The molecular weight excluding hydrogens is 370 g/mol. The van der Waals surface area contributed by atoms with E-state index in [0.717, 1.165) is 54.1 Å². The molecule has 0 radical (unpaired) electrons. The molecule has 3 heterocycles. The number of hydrogen-bond donors (Lipinski definition) is 0. The van der Waals surface area contributed by atoms with E-state index in [1.807, 2.05) is 49.5 Å². The molecule has 1 aliphatic rings. The van der Waals surface area contributed by atoms with Crippen LogP contribution in [0.1, 0.15) is 36.7 Å². The molecule has 6 heteroatoms. The molecule has 0 spiro atoms. The van der Waals surface area contributed by atoms with Gasteiger partial charge in [0.1, 0.15) is 10.8 Å². The summed E-state index contributed by atoms with van der Waals surface area (Å²) in [5.41, 5.74) is 3.02. The Morgan fingerprint density at radius 1 is 1.21 bits per heavy atom. The van der Waals surface area contributed by atoms with Gasteiger partial charge in [-0.25, -0.2) is 4.98 Å². The lowest BCUT2D eigenvalue weighted by molar-refractivity contribution is -0.125. The van der Waals surface area contributed by atoms with E-state index in [-0.39, 0.29) is 6.04 Å². The van der Waals surface area contributed by atoms with Crippen LogP contribution in [0, 0.1) is 6.92 Å². The van der Waals surface area contributed by atoms with Crippen molar-refractivity contribution in [3.05, 3.63) is 65.4 Å². The molecule has 144 valence electrons. The zero-order valence-electron chi connectivity index (χ0n) is 15.8. The molecule has 5 nitrogen and oxygen atoms in total. The summed E-state index contributed by atoms with van der Waals surface area (Å²) in [6.07, 6.45) is 5.29. The molecule has 1 unspecified atom stereocenters. The van der Waals surface area contributed by atoms with Crippen LogP contribution in [-0.2, 0) is 4.79 Å². The monoisotopic (exact) mass is 393 g/mol. The van der Waals surface area contributed by atoms with Crippen LogP contribution >= 0.6 is 11.3 Å². The smallest absolute Gasteiger partial charge is 0.209 e. The first-order chi connectivity index (χ1) is 13.7. The van der Waals surface area contributed by atoms with Crippen molar-refractivity contribution in [2.45, 2.75) is 38.5 Å². The highest BCUT2D eigenvalue weighted by atomic mass is 32.1. The molecule has 0 amide bonds. The minimum Gasteiger partial charge on any atom is -0.468 e. The standard InChI is InChI=1S/C22H23N3O2S/c1-16-10-11-17(13-23-16)22-24-19(15-28-22)20-9-5-6-12-25(20)21(14-26)27-18-7-3-2-4-8-18/h2-4,7-8,10-11,13-15,20-21H,5-6,9,12H2,1H3/t20?,21-/m1/s1. The number of thiazole rings is 1. The lowest BCUT2D eigenvalue weighted by atomic mass is 9.99. The molecule has 0 N–H and O–H groups in total. The Hall–Kier alpha value is -2.57. The van der Waals surface area contributed by atoms with Crippen LogP contribution in [0.2, 0.25) is 0 Å². The van der Waals surface area contributed by atoms with E-state index in [4.69, 9.17) is 9.72 Å². The quantitative estimate of drug-likeness (QED) is 0.571. The number of benzene rings is 1. The number of piperidine rings is 1. The third kappa shape index (κ3) is 4.13. The van der Waals surface area contributed by atoms with Gasteiger partial charge in [0.25, 0.3) is 0 Å². The summed E-state index contributed by atoms with van der Waals surface area (Å²) in [4.78, 5) is 23.2. The van der Waals surface area contributed by atoms with E-state index in [1.165, 1.54) is 0 Å². The van der Waals surface area contributed by atoms with Gasteiger partial charge >= 0.3 is 0 Å². The van der Waals surface area contributed by atoms with Crippen molar-refractivity contribution in [2.75, 3.05) is 6.54 Å². The van der Waals surface area contributed by atoms with Crippen LogP contribution in [0.4, 0.5) is 0 Å². The summed E-state index contributed by atoms with van der Waals surface area (Å²) in [5, 5.41) is 3.06. The van der Waals surface area contributed by atoms with Gasteiger partial charge in [0.05, 0.1) is 11.7 Å². The topological polar surface area (TPSA) is 55.3 Å². The summed E-state index contributed by atoms with van der Waals surface area (Å²) in [7, 11) is 0. The average molecular weight is 394 g/mol. The van der Waals surface area contributed by atoms with Crippen molar-refractivity contribution in [1.29, 1.82) is 0 Å². The molecule has 1 aliphatic heterocycles. The van der Waals surface area contributed by atoms with E-state index in [1.54, 1.807) is 11.3 Å². The number of nitrogens with zero attached hydrogens (tertiary/aromatic N) is 3. The number of carbonyl (C=O) groups excluding carboxylic acids is 1. The number of carbonyl (C=O) groups is 1. The largest absolute Gasteiger partial charge is 0.468 e. The van der Waals surface area contributed by atoms with Crippen molar-refractivity contribution < 1.29 is 9.53 Å². The highest BCUT2D eigenvalue weighted by molar-refractivity contribution is 7.13. The summed E-state index contributed by atoms with van der Waals surface area (Å²) in [6.45, 7) is 2.79. The van der Waals surface area contributed by atoms with Crippen molar-refractivity contribution >= 4 is 17.6 Å². The lowest BCUT2D eigenvalue weighted by Gasteiger charge is -2.37. The molecule has 0 aliphatic carbocycles. The highest BCUT2D eigenvalue weighted by Gasteiger charge is 2.32. The van der Waals surface area contributed by atoms with Crippen molar-refractivity contribution in [2.24, 2.45) is 0 Å². The summed E-state index contributed by atoms with van der Waals surface area (Å²) in [5.74, 6) is 0.702. The van der Waals surface area contributed by atoms with Gasteiger partial charge in [-0.3, -0.25) is 14.7 Å². The Balaban J connectivity index is 1.56. The second-order valence-electron chi connectivity index (χ2n) is 6.97. The average Bonchev–Trinajstić information content (AvgIpc) is 3.23. The predicted octanol–water partition coefficient (Wildman–Crippen LogP) is 4.64. The molecule has 1 fully saturated rings. The maximum atomic E-state index is 11.9. The van der Waals surface area contributed by atoms with Crippen LogP contribution in [0.25, 0.3) is 10.6 Å². The zero-order valence-corrected chi connectivity index (χ0v) is 16.6. The lowest BCUT2D eigenvalue weighted by Crippen LogP contribution is -2.45. The van der Waals surface area contributed by atoms with E-state index < -0.39 is 6.23 Å². The Labute approximate surface area is 169 Å². The fourth-order valence-electron chi connectivity index (χ4n) is 3.55. The molecule has 1 aromatic carbocycles. The normalized spacial score (nSPS) is 18.5. The number of aryl methyl sites for hydroxylation is 1. The number of hydrogen-bond acceptors (Lipinski definition) is 6. The van der Waals surface area contributed by atoms with Crippen LogP contribution < -0.4 is 4.74 Å². The van der Waals surface area contributed by atoms with Crippen LogP contribution in [0.3, 0.4) is 0 Å².